The summed E-state index contributed by atoms with van der Waals surface area (Å²) in [6.45, 7) is 5.84. The monoisotopic (exact) mass is 344 g/mol. The first-order chi connectivity index (χ1) is 12.3. The second-order valence-electron chi connectivity index (χ2n) is 7.35. The highest BCUT2D eigenvalue weighted by Gasteiger charge is 2.31. The average Bonchev–Trinajstić information content (AvgIpc) is 3.21. The van der Waals surface area contributed by atoms with Crippen molar-refractivity contribution in [3.63, 3.8) is 0 Å². The van der Waals surface area contributed by atoms with Gasteiger partial charge in [-0.15, -0.1) is 0 Å². The smallest absolute Gasteiger partial charge is 0.224 e. The van der Waals surface area contributed by atoms with Crippen LogP contribution in [0.4, 0.5) is 0 Å². The number of carbonyl (C=O) groups excluding carboxylic acids is 1. The van der Waals surface area contributed by atoms with E-state index in [4.69, 9.17) is 9.47 Å². The first-order valence-electron chi connectivity index (χ1n) is 9.60. The number of amides is 1. The van der Waals surface area contributed by atoms with Crippen molar-refractivity contribution in [3.8, 4) is 0 Å². The molecule has 136 valence electrons. The number of nitrogens with zero attached hydrogens (tertiary/aromatic N) is 2. The minimum Gasteiger partial charge on any atom is -0.375 e. The minimum absolute atomic E-state index is 0.174. The lowest BCUT2D eigenvalue weighted by Gasteiger charge is -2.36. The van der Waals surface area contributed by atoms with Gasteiger partial charge in [-0.3, -0.25) is 9.69 Å². The molecule has 3 aliphatic rings. The maximum atomic E-state index is 12.6. The van der Waals surface area contributed by atoms with Gasteiger partial charge in [0.25, 0.3) is 0 Å². The molecule has 5 nitrogen and oxygen atoms in total. The Labute approximate surface area is 149 Å². The third-order valence-electron chi connectivity index (χ3n) is 5.68. The molecule has 0 aliphatic carbocycles. The molecule has 1 amide bonds. The van der Waals surface area contributed by atoms with Gasteiger partial charge in [0.15, 0.2) is 0 Å². The Balaban J connectivity index is 1.26. The second kappa shape index (κ2) is 7.85. The fourth-order valence-electron chi connectivity index (χ4n) is 4.18. The Kier molecular flexibility index (Phi) is 5.34. The van der Waals surface area contributed by atoms with E-state index in [-0.39, 0.29) is 18.1 Å². The Bertz CT molecular complexity index is 600. The van der Waals surface area contributed by atoms with Crippen molar-refractivity contribution in [3.05, 3.63) is 35.4 Å². The van der Waals surface area contributed by atoms with Gasteiger partial charge in [0.1, 0.15) is 0 Å². The van der Waals surface area contributed by atoms with Crippen LogP contribution in [0, 0.1) is 0 Å². The van der Waals surface area contributed by atoms with Crippen LogP contribution in [0.25, 0.3) is 0 Å². The first-order valence-corrected chi connectivity index (χ1v) is 9.60. The third kappa shape index (κ3) is 4.05. The summed E-state index contributed by atoms with van der Waals surface area (Å²) in [7, 11) is 0. The lowest BCUT2D eigenvalue weighted by atomic mass is 10.00. The molecule has 5 heteroatoms. The molecule has 0 unspecified atom stereocenters. The highest BCUT2D eigenvalue weighted by atomic mass is 16.5. The van der Waals surface area contributed by atoms with Gasteiger partial charge in [0.05, 0.1) is 18.8 Å². The quantitative estimate of drug-likeness (QED) is 0.836. The molecular weight excluding hydrogens is 316 g/mol. The van der Waals surface area contributed by atoms with Crippen LogP contribution in [0.1, 0.15) is 30.4 Å². The summed E-state index contributed by atoms with van der Waals surface area (Å²) in [5.41, 5.74) is 2.69. The predicted octanol–water partition coefficient (Wildman–Crippen LogP) is 1.84. The number of hydrogen-bond donors (Lipinski definition) is 0. The van der Waals surface area contributed by atoms with Crippen molar-refractivity contribution in [1.82, 2.24) is 9.80 Å². The molecule has 1 aromatic rings. The molecule has 4 rings (SSSR count). The Morgan fingerprint density at radius 2 is 1.92 bits per heavy atom. The fourth-order valence-corrected chi connectivity index (χ4v) is 4.18. The Hall–Kier alpha value is -1.43. The molecule has 0 bridgehead atoms. The molecule has 0 aromatic heterocycles. The van der Waals surface area contributed by atoms with Crippen molar-refractivity contribution in [2.24, 2.45) is 0 Å². The summed E-state index contributed by atoms with van der Waals surface area (Å²) in [5, 5.41) is 0. The molecule has 2 fully saturated rings. The molecule has 25 heavy (non-hydrogen) atoms. The maximum Gasteiger partial charge on any atom is 0.224 e. The van der Waals surface area contributed by atoms with Crippen LogP contribution in [0.15, 0.2) is 24.3 Å². The minimum atomic E-state index is 0.174. The average molecular weight is 344 g/mol. The van der Waals surface area contributed by atoms with Crippen molar-refractivity contribution < 1.29 is 14.3 Å². The molecule has 0 N–H and O–H groups in total. The van der Waals surface area contributed by atoms with Gasteiger partial charge < -0.3 is 14.4 Å². The zero-order valence-corrected chi connectivity index (χ0v) is 14.9. The van der Waals surface area contributed by atoms with E-state index in [9.17, 15) is 4.79 Å². The van der Waals surface area contributed by atoms with Gasteiger partial charge in [-0.05, 0) is 30.4 Å². The van der Waals surface area contributed by atoms with Gasteiger partial charge in [-0.2, -0.15) is 0 Å². The van der Waals surface area contributed by atoms with E-state index in [2.05, 4.69) is 29.2 Å². The van der Waals surface area contributed by atoms with E-state index < -0.39 is 0 Å². The van der Waals surface area contributed by atoms with Crippen LogP contribution in [0.2, 0.25) is 0 Å². The Morgan fingerprint density at radius 1 is 1.08 bits per heavy atom. The van der Waals surface area contributed by atoms with Crippen molar-refractivity contribution in [1.29, 1.82) is 0 Å². The second-order valence-corrected chi connectivity index (χ2v) is 7.35. The number of rotatable bonds is 4. The van der Waals surface area contributed by atoms with Crippen LogP contribution in [-0.4, -0.2) is 67.3 Å². The number of carbonyl (C=O) groups is 1. The molecule has 0 spiro atoms. The molecule has 0 saturated carbocycles. The normalized spacial score (nSPS) is 27.3. The standard InChI is InChI=1S/C20H28N2O3/c23-20(22-10-7-16-4-1-2-5-17(16)14-22)8-9-21-11-13-25-19(15-21)18-6-3-12-24-18/h1-2,4-5,18-19H,3,6-15H2/t18-,19-/m0/s1. The third-order valence-corrected chi connectivity index (χ3v) is 5.68. The van der Waals surface area contributed by atoms with Crippen molar-refractivity contribution in [2.45, 2.75) is 44.4 Å². The van der Waals surface area contributed by atoms with E-state index in [1.165, 1.54) is 11.1 Å². The maximum absolute atomic E-state index is 12.6. The van der Waals surface area contributed by atoms with Crippen LogP contribution >= 0.6 is 0 Å². The summed E-state index contributed by atoms with van der Waals surface area (Å²) in [6, 6.07) is 8.46. The lowest BCUT2D eigenvalue weighted by molar-refractivity contribution is -0.133. The topological polar surface area (TPSA) is 42.0 Å². The molecule has 3 heterocycles. The van der Waals surface area contributed by atoms with Gasteiger partial charge in [0, 0.05) is 45.8 Å². The van der Waals surface area contributed by atoms with Crippen LogP contribution < -0.4 is 0 Å². The van der Waals surface area contributed by atoms with Crippen LogP contribution in [0.5, 0.6) is 0 Å². The summed E-state index contributed by atoms with van der Waals surface area (Å²) in [5.74, 6) is 0.273. The van der Waals surface area contributed by atoms with Crippen molar-refractivity contribution >= 4 is 5.91 Å². The summed E-state index contributed by atoms with van der Waals surface area (Å²) in [6.07, 6.45) is 4.23. The highest BCUT2D eigenvalue weighted by Crippen LogP contribution is 2.22. The number of morpholine rings is 1. The lowest BCUT2D eigenvalue weighted by Crippen LogP contribution is -2.48. The van der Waals surface area contributed by atoms with Crippen LogP contribution in [0.3, 0.4) is 0 Å². The molecule has 0 radical (unpaired) electrons. The van der Waals surface area contributed by atoms with E-state index in [1.807, 2.05) is 4.90 Å². The highest BCUT2D eigenvalue weighted by molar-refractivity contribution is 5.76. The van der Waals surface area contributed by atoms with Gasteiger partial charge >= 0.3 is 0 Å². The largest absolute Gasteiger partial charge is 0.375 e. The first kappa shape index (κ1) is 17.0. The molecular formula is C20H28N2O3. The van der Waals surface area contributed by atoms with Gasteiger partial charge in [-0.1, -0.05) is 24.3 Å². The van der Waals surface area contributed by atoms with Crippen molar-refractivity contribution in [2.75, 3.05) is 39.4 Å². The number of ether oxygens (including phenoxy) is 2. The van der Waals surface area contributed by atoms with Gasteiger partial charge in [-0.25, -0.2) is 0 Å². The summed E-state index contributed by atoms with van der Waals surface area (Å²) in [4.78, 5) is 17.0. The number of benzene rings is 1. The number of hydrogen-bond acceptors (Lipinski definition) is 4. The van der Waals surface area contributed by atoms with E-state index in [0.29, 0.717) is 6.42 Å². The molecule has 2 atom stereocenters. The molecule has 1 aromatic carbocycles. The van der Waals surface area contributed by atoms with Crippen LogP contribution in [-0.2, 0) is 27.2 Å². The Morgan fingerprint density at radius 3 is 2.76 bits per heavy atom. The number of fused-ring (bicyclic) bond motifs is 1. The zero-order chi connectivity index (χ0) is 17.1. The van der Waals surface area contributed by atoms with E-state index in [0.717, 1.165) is 65.2 Å². The summed E-state index contributed by atoms with van der Waals surface area (Å²) < 4.78 is 11.7. The fraction of sp³-hybridized carbons (Fsp3) is 0.650. The summed E-state index contributed by atoms with van der Waals surface area (Å²) >= 11 is 0. The SMILES string of the molecule is O=C(CCN1CCO[C@H]([C@@H]2CCCO2)C1)N1CCc2ccccc2C1. The molecule has 2 saturated heterocycles. The molecule has 3 aliphatic heterocycles. The van der Waals surface area contributed by atoms with E-state index in [1.54, 1.807) is 0 Å². The van der Waals surface area contributed by atoms with Gasteiger partial charge in [0.2, 0.25) is 5.91 Å². The van der Waals surface area contributed by atoms with E-state index >= 15 is 0 Å². The zero-order valence-electron chi connectivity index (χ0n) is 14.9. The predicted molar refractivity (Wildman–Crippen MR) is 95.3 cm³/mol.